The highest BCUT2D eigenvalue weighted by Crippen LogP contribution is 1.91. The Hall–Kier alpha value is -1.58. The molecule has 304 valence electrons. The third-order valence-electron chi connectivity index (χ3n) is 5.98. The van der Waals surface area contributed by atoms with Gasteiger partial charge in [0.25, 0.3) is 0 Å². The van der Waals surface area contributed by atoms with Crippen molar-refractivity contribution in [2.24, 2.45) is 0 Å². The van der Waals surface area contributed by atoms with Gasteiger partial charge in [0.2, 0.25) is 0 Å². The first kappa shape index (κ1) is 49.4. The predicted octanol–water partition coefficient (Wildman–Crippen LogP) is 1.11. The molecule has 0 atom stereocenters. The highest BCUT2D eigenvalue weighted by molar-refractivity contribution is 5.69. The van der Waals surface area contributed by atoms with E-state index >= 15 is 0 Å². The molecule has 51 heavy (non-hydrogen) atoms. The van der Waals surface area contributed by atoms with Crippen molar-refractivity contribution < 1.29 is 80.6 Å². The van der Waals surface area contributed by atoms with Gasteiger partial charge in [0.15, 0.2) is 0 Å². The first-order chi connectivity index (χ1) is 25.2. The smallest absolute Gasteiger partial charge is 0.308 e. The molecule has 0 bridgehead atoms. The van der Waals surface area contributed by atoms with Crippen LogP contribution in [-0.2, 0) is 80.6 Å². The van der Waals surface area contributed by atoms with Crippen LogP contribution in [0.3, 0.4) is 0 Å². The molecule has 0 fully saturated rings. The molecule has 17 heteroatoms. The number of esters is 2. The average Bonchev–Trinajstić information content (AvgIpc) is 3.12. The Bertz CT molecular complexity index is 648. The van der Waals surface area contributed by atoms with Crippen LogP contribution in [0.25, 0.3) is 0 Å². The summed E-state index contributed by atoms with van der Waals surface area (Å²) in [7, 11) is 0. The van der Waals surface area contributed by atoms with E-state index in [1.54, 1.807) is 13.8 Å². The minimum Gasteiger partial charge on any atom is -0.466 e. The van der Waals surface area contributed by atoms with Gasteiger partial charge in [0.1, 0.15) is 0 Å². The van der Waals surface area contributed by atoms with Crippen LogP contribution in [0.15, 0.2) is 0 Å². The second-order valence-electron chi connectivity index (χ2n) is 10.1. The second-order valence-corrected chi connectivity index (χ2v) is 10.1. The minimum atomic E-state index is -0.255. The van der Waals surface area contributed by atoms with Crippen LogP contribution in [0.5, 0.6) is 0 Å². The van der Waals surface area contributed by atoms with Crippen molar-refractivity contribution in [3.8, 4) is 0 Å². The van der Waals surface area contributed by atoms with Crippen LogP contribution in [0.1, 0.15) is 26.7 Å². The van der Waals surface area contributed by atoms with Gasteiger partial charge in [0, 0.05) is 0 Å². The molecule has 0 radical (unpaired) electrons. The molecule has 0 N–H and O–H groups in total. The molecule has 0 spiro atoms. The van der Waals surface area contributed by atoms with Gasteiger partial charge in [-0.15, -0.1) is 0 Å². The van der Waals surface area contributed by atoms with E-state index in [0.717, 1.165) is 0 Å². The van der Waals surface area contributed by atoms with Crippen molar-refractivity contribution in [1.82, 2.24) is 0 Å². The number of hydrogen-bond donors (Lipinski definition) is 0. The molecule has 0 heterocycles. The highest BCUT2D eigenvalue weighted by Gasteiger charge is 2.02. The molecule has 0 saturated heterocycles. The summed E-state index contributed by atoms with van der Waals surface area (Å²) in [6.45, 7) is 16.4. The van der Waals surface area contributed by atoms with Crippen LogP contribution in [0.2, 0.25) is 0 Å². The fourth-order valence-corrected chi connectivity index (χ4v) is 3.52. The number of carbonyl (C=O) groups excluding carboxylic acids is 2. The van der Waals surface area contributed by atoms with Crippen molar-refractivity contribution in [2.45, 2.75) is 26.7 Å². The third-order valence-corrected chi connectivity index (χ3v) is 5.98. The van der Waals surface area contributed by atoms with Crippen molar-refractivity contribution in [2.75, 3.05) is 185 Å². The summed E-state index contributed by atoms with van der Waals surface area (Å²) in [5, 5.41) is 0. The van der Waals surface area contributed by atoms with Crippen LogP contribution in [0.4, 0.5) is 0 Å². The van der Waals surface area contributed by atoms with Gasteiger partial charge in [0.05, 0.1) is 198 Å². The van der Waals surface area contributed by atoms with Crippen molar-refractivity contribution in [3.05, 3.63) is 0 Å². The maximum Gasteiger partial charge on any atom is 0.308 e. The van der Waals surface area contributed by atoms with Gasteiger partial charge in [-0.25, -0.2) is 0 Å². The van der Waals surface area contributed by atoms with Crippen LogP contribution >= 0.6 is 0 Å². The molecule has 0 saturated carbocycles. The number of ether oxygens (including phenoxy) is 15. The molecule has 0 aromatic heterocycles. The van der Waals surface area contributed by atoms with Gasteiger partial charge in [-0.05, 0) is 13.8 Å². The van der Waals surface area contributed by atoms with Crippen LogP contribution < -0.4 is 0 Å². The predicted molar refractivity (Wildman–Crippen MR) is 183 cm³/mol. The fraction of sp³-hybridized carbons (Fsp3) is 0.941. The normalized spacial score (nSPS) is 11.3. The molecule has 0 aliphatic heterocycles. The second kappa shape index (κ2) is 44.6. The summed E-state index contributed by atoms with van der Waals surface area (Å²) in [5.41, 5.74) is 0. The SMILES string of the molecule is CCOC(=O)CCOCCOCCOCCOCCOCCOCCOCCOCCOCCOCCOCCOCCOCCC(=O)OCC. The lowest BCUT2D eigenvalue weighted by Crippen LogP contribution is -2.15. The largest absolute Gasteiger partial charge is 0.466 e. The van der Waals surface area contributed by atoms with Crippen LogP contribution in [0, 0.1) is 0 Å². The molecule has 0 aromatic carbocycles. The summed E-state index contributed by atoms with van der Waals surface area (Å²) >= 11 is 0. The Kier molecular flexibility index (Phi) is 43.2. The molecular weight excluding hydrogens is 680 g/mol. The van der Waals surface area contributed by atoms with Crippen molar-refractivity contribution >= 4 is 11.9 Å². The standard InChI is InChI=1S/C34H66O17/c1-3-50-33(35)5-7-37-9-11-39-13-15-41-17-19-43-21-23-45-25-27-47-29-31-49-32-30-48-28-26-46-24-22-44-20-18-42-16-14-40-12-10-38-8-6-34(36)51-4-2/h3-32H2,1-2H3. The maximum absolute atomic E-state index is 11.2. The lowest BCUT2D eigenvalue weighted by molar-refractivity contribution is -0.145. The van der Waals surface area contributed by atoms with Gasteiger partial charge in [-0.1, -0.05) is 0 Å². The third kappa shape index (κ3) is 44.5. The van der Waals surface area contributed by atoms with E-state index in [2.05, 4.69) is 0 Å². The molecule has 0 amide bonds. The van der Waals surface area contributed by atoms with Gasteiger partial charge < -0.3 is 71.1 Å². The molecule has 0 aliphatic carbocycles. The summed E-state index contributed by atoms with van der Waals surface area (Å²) in [4.78, 5) is 22.3. The minimum absolute atomic E-state index is 0.252. The van der Waals surface area contributed by atoms with Gasteiger partial charge in [-0.3, -0.25) is 9.59 Å². The van der Waals surface area contributed by atoms with Gasteiger partial charge >= 0.3 is 11.9 Å². The number of rotatable bonds is 44. The zero-order valence-electron chi connectivity index (χ0n) is 31.2. The summed E-state index contributed by atoms with van der Waals surface area (Å²) in [6, 6.07) is 0. The zero-order chi connectivity index (χ0) is 37.0. The summed E-state index contributed by atoms with van der Waals surface area (Å²) in [6.07, 6.45) is 0.503. The molecule has 0 aliphatic rings. The lowest BCUT2D eigenvalue weighted by atomic mass is 10.5. The molecule has 0 aromatic rings. The Morgan fingerprint density at radius 2 is 0.392 bits per heavy atom. The Labute approximate surface area is 304 Å². The van der Waals surface area contributed by atoms with E-state index in [1.165, 1.54) is 0 Å². The zero-order valence-corrected chi connectivity index (χ0v) is 31.2. The van der Waals surface area contributed by atoms with E-state index in [1.807, 2.05) is 0 Å². The topological polar surface area (TPSA) is 173 Å². The molecular formula is C34H66O17. The summed E-state index contributed by atoms with van der Waals surface area (Å²) in [5.74, 6) is -0.510. The Morgan fingerprint density at radius 1 is 0.255 bits per heavy atom. The molecule has 0 unspecified atom stereocenters. The van der Waals surface area contributed by atoms with E-state index in [9.17, 15) is 9.59 Å². The lowest BCUT2D eigenvalue weighted by Gasteiger charge is -2.09. The molecule has 17 nitrogen and oxygen atoms in total. The monoisotopic (exact) mass is 746 g/mol. The fourth-order valence-electron chi connectivity index (χ4n) is 3.52. The van der Waals surface area contributed by atoms with E-state index < -0.39 is 0 Å². The van der Waals surface area contributed by atoms with E-state index in [0.29, 0.717) is 185 Å². The van der Waals surface area contributed by atoms with E-state index in [-0.39, 0.29) is 24.8 Å². The van der Waals surface area contributed by atoms with Crippen molar-refractivity contribution in [3.63, 3.8) is 0 Å². The van der Waals surface area contributed by atoms with Gasteiger partial charge in [-0.2, -0.15) is 0 Å². The maximum atomic E-state index is 11.2. The Morgan fingerprint density at radius 3 is 0.529 bits per heavy atom. The number of hydrogen-bond acceptors (Lipinski definition) is 17. The quantitative estimate of drug-likeness (QED) is 0.0641. The first-order valence-corrected chi connectivity index (χ1v) is 18.0. The Balaban J connectivity index is 3.08. The molecule has 0 rings (SSSR count). The summed E-state index contributed by atoms with van der Waals surface area (Å²) < 4.78 is 80.2. The highest BCUT2D eigenvalue weighted by atomic mass is 16.6. The average molecular weight is 747 g/mol. The number of carbonyl (C=O) groups is 2. The first-order valence-electron chi connectivity index (χ1n) is 18.0. The van der Waals surface area contributed by atoms with Crippen molar-refractivity contribution in [1.29, 1.82) is 0 Å². The van der Waals surface area contributed by atoms with Crippen LogP contribution in [-0.4, -0.2) is 197 Å². The van der Waals surface area contributed by atoms with E-state index in [4.69, 9.17) is 71.1 Å².